The van der Waals surface area contributed by atoms with E-state index in [0.717, 1.165) is 22.4 Å². The summed E-state index contributed by atoms with van der Waals surface area (Å²) in [6.07, 6.45) is 1.80. The van der Waals surface area contributed by atoms with Crippen LogP contribution < -0.4 is 9.62 Å². The second kappa shape index (κ2) is 7.75. The Morgan fingerprint density at radius 1 is 1.06 bits per heavy atom. The Kier molecular flexibility index (Phi) is 4.86. The molecule has 2 fully saturated rings. The molecule has 1 spiro atoms. The Morgan fingerprint density at radius 3 is 2.54 bits per heavy atom. The zero-order chi connectivity index (χ0) is 24.4. The number of hydrogen-bond acceptors (Lipinski definition) is 4. The van der Waals surface area contributed by atoms with Gasteiger partial charge in [-0.3, -0.25) is 9.59 Å². The van der Waals surface area contributed by atoms with Gasteiger partial charge >= 0.3 is 0 Å². The van der Waals surface area contributed by atoms with Crippen molar-refractivity contribution in [2.45, 2.75) is 42.4 Å². The van der Waals surface area contributed by atoms with E-state index in [1.165, 1.54) is 12.1 Å². The van der Waals surface area contributed by atoms with E-state index in [-0.39, 0.29) is 31.2 Å². The van der Waals surface area contributed by atoms with Crippen LogP contribution in [-0.4, -0.2) is 25.5 Å². The van der Waals surface area contributed by atoms with Gasteiger partial charge in [0.15, 0.2) is 0 Å². The SMILES string of the molecule is O=C(NS(=O)(=O)C1CC1)c1cccc(CN2C(=O)[C@@]3(C[C@H]3c3ccc(F)cc3)c3ccccc32)c1.[HH]. The average Bonchev–Trinajstić information content (AvgIpc) is 3.76. The number of benzene rings is 3. The number of nitrogens with zero attached hydrogens (tertiary/aromatic N) is 1. The van der Waals surface area contributed by atoms with Crippen molar-refractivity contribution in [3.63, 3.8) is 0 Å². The lowest BCUT2D eigenvalue weighted by Gasteiger charge is -2.19. The molecule has 0 aromatic heterocycles. The highest BCUT2D eigenvalue weighted by Crippen LogP contribution is 2.66. The second-order valence-electron chi connectivity index (χ2n) is 9.56. The molecule has 8 heteroatoms. The first-order chi connectivity index (χ1) is 16.8. The van der Waals surface area contributed by atoms with Crippen LogP contribution in [0.1, 0.15) is 53.7 Å². The lowest BCUT2D eigenvalue weighted by atomic mass is 9.92. The summed E-state index contributed by atoms with van der Waals surface area (Å²) >= 11 is 0. The smallest absolute Gasteiger partial charge is 0.264 e. The van der Waals surface area contributed by atoms with Crippen molar-refractivity contribution in [2.24, 2.45) is 0 Å². The summed E-state index contributed by atoms with van der Waals surface area (Å²) in [6.45, 7) is 0.254. The Balaban J connectivity index is 0.00000267. The third-order valence-electron chi connectivity index (χ3n) is 7.26. The topological polar surface area (TPSA) is 83.6 Å². The molecule has 35 heavy (non-hydrogen) atoms. The fourth-order valence-electron chi connectivity index (χ4n) is 5.25. The van der Waals surface area contributed by atoms with Gasteiger partial charge in [-0.15, -0.1) is 0 Å². The quantitative estimate of drug-likeness (QED) is 0.557. The van der Waals surface area contributed by atoms with Gasteiger partial charge in [0.25, 0.3) is 5.91 Å². The van der Waals surface area contributed by atoms with Gasteiger partial charge in [0.1, 0.15) is 5.82 Å². The second-order valence-corrected chi connectivity index (χ2v) is 11.5. The minimum atomic E-state index is -3.65. The first-order valence-corrected chi connectivity index (χ1v) is 13.2. The van der Waals surface area contributed by atoms with Gasteiger partial charge in [-0.25, -0.2) is 17.5 Å². The fourth-order valence-corrected chi connectivity index (χ4v) is 6.55. The molecule has 0 unspecified atom stereocenters. The molecule has 1 heterocycles. The first kappa shape index (κ1) is 22.0. The summed E-state index contributed by atoms with van der Waals surface area (Å²) in [4.78, 5) is 28.1. The summed E-state index contributed by atoms with van der Waals surface area (Å²) in [7, 11) is -3.65. The Hall–Kier alpha value is -3.52. The van der Waals surface area contributed by atoms with Crippen molar-refractivity contribution in [1.82, 2.24) is 4.72 Å². The number of hydrogen-bond donors (Lipinski definition) is 1. The molecule has 3 aromatic carbocycles. The highest BCUT2D eigenvalue weighted by Gasteiger charge is 2.67. The van der Waals surface area contributed by atoms with E-state index < -0.39 is 26.6 Å². The van der Waals surface area contributed by atoms with Crippen LogP contribution in [0.25, 0.3) is 0 Å². The van der Waals surface area contributed by atoms with Crippen LogP contribution in [0.5, 0.6) is 0 Å². The predicted octanol–water partition coefficient (Wildman–Crippen LogP) is 4.27. The van der Waals surface area contributed by atoms with E-state index in [2.05, 4.69) is 4.72 Å². The van der Waals surface area contributed by atoms with Gasteiger partial charge < -0.3 is 4.90 Å². The number of para-hydroxylation sites is 1. The molecule has 2 amide bonds. The molecule has 180 valence electrons. The van der Waals surface area contributed by atoms with Gasteiger partial charge in [-0.2, -0.15) is 0 Å². The Bertz CT molecular complexity index is 1470. The van der Waals surface area contributed by atoms with Gasteiger partial charge in [-0.1, -0.05) is 42.5 Å². The van der Waals surface area contributed by atoms with E-state index in [1.807, 2.05) is 30.3 Å². The van der Waals surface area contributed by atoms with Crippen molar-refractivity contribution in [2.75, 3.05) is 4.90 Å². The van der Waals surface area contributed by atoms with E-state index in [9.17, 15) is 22.4 Å². The predicted molar refractivity (Wildman–Crippen MR) is 131 cm³/mol. The Morgan fingerprint density at radius 2 is 1.80 bits per heavy atom. The van der Waals surface area contributed by atoms with Gasteiger partial charge in [0.2, 0.25) is 15.9 Å². The molecular formula is C27H25FN2O4S. The largest absolute Gasteiger partial charge is 0.307 e. The highest BCUT2D eigenvalue weighted by atomic mass is 32.2. The summed E-state index contributed by atoms with van der Waals surface area (Å²) in [5.41, 5.74) is 3.02. The van der Waals surface area contributed by atoms with Crippen molar-refractivity contribution in [1.29, 1.82) is 0 Å². The van der Waals surface area contributed by atoms with Crippen molar-refractivity contribution >= 4 is 27.5 Å². The molecule has 6 nitrogen and oxygen atoms in total. The Labute approximate surface area is 204 Å². The number of nitrogens with one attached hydrogen (secondary N) is 1. The number of rotatable bonds is 6. The monoisotopic (exact) mass is 492 g/mol. The first-order valence-electron chi connectivity index (χ1n) is 11.6. The molecule has 0 saturated heterocycles. The normalized spacial score (nSPS) is 22.8. The highest BCUT2D eigenvalue weighted by molar-refractivity contribution is 7.91. The van der Waals surface area contributed by atoms with E-state index in [1.54, 1.807) is 35.2 Å². The van der Waals surface area contributed by atoms with Crippen LogP contribution in [0, 0.1) is 5.82 Å². The van der Waals surface area contributed by atoms with E-state index in [0.29, 0.717) is 19.3 Å². The maximum absolute atomic E-state index is 13.8. The number of fused-ring (bicyclic) bond motifs is 2. The van der Waals surface area contributed by atoms with E-state index >= 15 is 0 Å². The van der Waals surface area contributed by atoms with Gasteiger partial charge in [-0.05, 0) is 66.3 Å². The number of sulfonamides is 1. The zero-order valence-corrected chi connectivity index (χ0v) is 19.6. The summed E-state index contributed by atoms with van der Waals surface area (Å²) in [6, 6.07) is 20.7. The van der Waals surface area contributed by atoms with Gasteiger partial charge in [0, 0.05) is 18.6 Å². The molecule has 1 N–H and O–H groups in total. The zero-order valence-electron chi connectivity index (χ0n) is 18.8. The lowest BCUT2D eigenvalue weighted by molar-refractivity contribution is -0.120. The molecular weight excluding hydrogens is 467 g/mol. The van der Waals surface area contributed by atoms with E-state index in [4.69, 9.17) is 0 Å². The third kappa shape index (κ3) is 3.63. The molecule has 3 aliphatic rings. The van der Waals surface area contributed by atoms with Crippen LogP contribution in [0.15, 0.2) is 72.8 Å². The average molecular weight is 493 g/mol. The number of carbonyl (C=O) groups is 2. The molecule has 2 aliphatic carbocycles. The minimum Gasteiger partial charge on any atom is -0.307 e. The summed E-state index contributed by atoms with van der Waals surface area (Å²) in [5.74, 6) is -1.01. The van der Waals surface area contributed by atoms with Crippen LogP contribution in [0.3, 0.4) is 0 Å². The molecule has 3 aromatic rings. The standard InChI is InChI=1S/C27H23FN2O4S.H2/c28-20-10-8-18(9-11-20)23-15-27(23)22-6-1-2-7-24(22)30(26(27)32)16-17-4-3-5-19(14-17)25(31)29-35(33,34)21-12-13-21;/h1-11,14,21,23H,12-13,15-16H2,(H,29,31);1H/t23-,27-;/m0./s1. The van der Waals surface area contributed by atoms with Crippen LogP contribution in [0.2, 0.25) is 0 Å². The number of carbonyl (C=O) groups excluding carboxylic acids is 2. The summed E-state index contributed by atoms with van der Waals surface area (Å²) in [5, 5.41) is -0.489. The fraction of sp³-hybridized carbons (Fsp3) is 0.259. The molecule has 2 saturated carbocycles. The maximum Gasteiger partial charge on any atom is 0.264 e. The van der Waals surface area contributed by atoms with Crippen LogP contribution in [-0.2, 0) is 26.8 Å². The van der Waals surface area contributed by atoms with Crippen LogP contribution in [0.4, 0.5) is 10.1 Å². The van der Waals surface area contributed by atoms with Crippen molar-refractivity contribution < 1.29 is 23.8 Å². The number of amides is 2. The molecule has 2 atom stereocenters. The number of anilines is 1. The molecule has 1 aliphatic heterocycles. The minimum absolute atomic E-state index is 0. The maximum atomic E-state index is 13.8. The van der Waals surface area contributed by atoms with Crippen molar-refractivity contribution in [3.05, 3.63) is 101 Å². The molecule has 6 rings (SSSR count). The van der Waals surface area contributed by atoms with Crippen molar-refractivity contribution in [3.8, 4) is 0 Å². The number of halogens is 1. The molecule has 0 radical (unpaired) electrons. The lowest BCUT2D eigenvalue weighted by Crippen LogP contribution is -2.34. The third-order valence-corrected chi connectivity index (χ3v) is 9.08. The summed E-state index contributed by atoms with van der Waals surface area (Å²) < 4.78 is 39.9. The molecule has 0 bridgehead atoms. The van der Waals surface area contributed by atoms with Crippen LogP contribution >= 0.6 is 0 Å². The van der Waals surface area contributed by atoms with Gasteiger partial charge in [0.05, 0.1) is 17.2 Å².